The standard InChI is InChI=1S/C20H24O3/c1-22-13-18-16-7-15-8-17(18)11-20(9-15,10-16)19(21)23-12-14-5-3-2-4-6-14/h2-6,13,15-17H,7-12H2,1H3. The third-order valence-electron chi connectivity index (χ3n) is 6.03. The minimum atomic E-state index is -0.240. The second-order valence-corrected chi connectivity index (χ2v) is 7.54. The molecule has 0 heterocycles. The molecule has 4 aliphatic rings. The number of esters is 1. The first kappa shape index (κ1) is 14.8. The zero-order chi connectivity index (χ0) is 15.9. The van der Waals surface area contributed by atoms with E-state index in [2.05, 4.69) is 0 Å². The zero-order valence-electron chi connectivity index (χ0n) is 13.7. The van der Waals surface area contributed by atoms with E-state index >= 15 is 0 Å². The van der Waals surface area contributed by atoms with Crippen molar-refractivity contribution in [2.75, 3.05) is 7.11 Å². The van der Waals surface area contributed by atoms with Gasteiger partial charge in [0.2, 0.25) is 0 Å². The van der Waals surface area contributed by atoms with Crippen molar-refractivity contribution in [3.05, 3.63) is 47.7 Å². The van der Waals surface area contributed by atoms with Gasteiger partial charge in [0.15, 0.2) is 0 Å². The van der Waals surface area contributed by atoms with Gasteiger partial charge in [-0.15, -0.1) is 0 Å². The molecule has 3 heteroatoms. The molecule has 1 aromatic carbocycles. The predicted molar refractivity (Wildman–Crippen MR) is 87.3 cm³/mol. The van der Waals surface area contributed by atoms with Crippen LogP contribution in [0.1, 0.15) is 37.7 Å². The van der Waals surface area contributed by atoms with Crippen LogP contribution >= 0.6 is 0 Å². The number of ether oxygens (including phenoxy) is 2. The maximum absolute atomic E-state index is 12.9. The Labute approximate surface area is 137 Å². The van der Waals surface area contributed by atoms with Gasteiger partial charge >= 0.3 is 5.97 Å². The fourth-order valence-electron chi connectivity index (χ4n) is 5.28. The topological polar surface area (TPSA) is 35.5 Å². The van der Waals surface area contributed by atoms with Crippen molar-refractivity contribution in [3.8, 4) is 0 Å². The van der Waals surface area contributed by atoms with E-state index in [-0.39, 0.29) is 11.4 Å². The molecule has 1 aromatic rings. The summed E-state index contributed by atoms with van der Waals surface area (Å²) in [5.41, 5.74) is 2.26. The molecule has 0 aliphatic heterocycles. The molecule has 122 valence electrons. The Morgan fingerprint density at radius 2 is 1.87 bits per heavy atom. The summed E-state index contributed by atoms with van der Waals surface area (Å²) in [4.78, 5) is 12.9. The fraction of sp³-hybridized carbons (Fsp3) is 0.550. The highest BCUT2D eigenvalue weighted by Gasteiger charge is 2.57. The van der Waals surface area contributed by atoms with Crippen molar-refractivity contribution in [2.24, 2.45) is 23.2 Å². The maximum atomic E-state index is 12.9. The van der Waals surface area contributed by atoms with Gasteiger partial charge in [0.05, 0.1) is 18.8 Å². The van der Waals surface area contributed by atoms with Gasteiger partial charge in [-0.3, -0.25) is 4.79 Å². The lowest BCUT2D eigenvalue weighted by Gasteiger charge is -2.56. The van der Waals surface area contributed by atoms with Gasteiger partial charge in [0.1, 0.15) is 6.61 Å². The Kier molecular flexibility index (Phi) is 3.67. The molecule has 5 rings (SSSR count). The number of benzene rings is 1. The summed E-state index contributed by atoms with van der Waals surface area (Å²) in [7, 11) is 1.72. The lowest BCUT2D eigenvalue weighted by atomic mass is 9.48. The van der Waals surface area contributed by atoms with E-state index in [4.69, 9.17) is 9.47 Å². The Balaban J connectivity index is 1.49. The van der Waals surface area contributed by atoms with Crippen LogP contribution in [0.15, 0.2) is 42.2 Å². The van der Waals surface area contributed by atoms with Gasteiger partial charge in [-0.2, -0.15) is 0 Å². The zero-order valence-corrected chi connectivity index (χ0v) is 13.7. The van der Waals surface area contributed by atoms with Crippen LogP contribution in [0.25, 0.3) is 0 Å². The molecule has 2 unspecified atom stereocenters. The quantitative estimate of drug-likeness (QED) is 0.620. The molecule has 4 saturated carbocycles. The number of carbonyl (C=O) groups is 1. The maximum Gasteiger partial charge on any atom is 0.312 e. The summed E-state index contributed by atoms with van der Waals surface area (Å²) in [5, 5.41) is 0. The Hall–Kier alpha value is -1.77. The number of methoxy groups -OCH3 is 1. The second kappa shape index (κ2) is 5.70. The van der Waals surface area contributed by atoms with E-state index in [0.29, 0.717) is 24.4 Å². The molecule has 0 aromatic heterocycles. The third-order valence-corrected chi connectivity index (χ3v) is 6.03. The lowest BCUT2D eigenvalue weighted by molar-refractivity contribution is -0.169. The summed E-state index contributed by atoms with van der Waals surface area (Å²) in [5.74, 6) is 1.75. The first-order valence-corrected chi connectivity index (χ1v) is 8.64. The SMILES string of the molecule is COC=C1C2CC3CC1CC(C(=O)OCc1ccccc1)(C3)C2. The summed E-state index contributed by atoms with van der Waals surface area (Å²) in [6.45, 7) is 0.391. The lowest BCUT2D eigenvalue weighted by Crippen LogP contribution is -2.51. The number of allylic oxidation sites excluding steroid dienone is 1. The van der Waals surface area contributed by atoms with Crippen LogP contribution < -0.4 is 0 Å². The highest BCUT2D eigenvalue weighted by molar-refractivity contribution is 5.78. The highest BCUT2D eigenvalue weighted by Crippen LogP contribution is 2.62. The average Bonchev–Trinajstić information content (AvgIpc) is 2.56. The van der Waals surface area contributed by atoms with E-state index in [0.717, 1.165) is 24.8 Å². The summed E-state index contributed by atoms with van der Waals surface area (Å²) in [6, 6.07) is 9.96. The predicted octanol–water partition coefficient (Wildman–Crippen LogP) is 4.09. The van der Waals surface area contributed by atoms with E-state index in [1.807, 2.05) is 36.6 Å². The van der Waals surface area contributed by atoms with Gasteiger partial charge in [-0.05, 0) is 61.0 Å². The Bertz CT molecular complexity index is 601. The van der Waals surface area contributed by atoms with Crippen LogP contribution in [0, 0.1) is 23.2 Å². The molecule has 23 heavy (non-hydrogen) atoms. The molecule has 4 aliphatic carbocycles. The first-order valence-electron chi connectivity index (χ1n) is 8.64. The molecule has 4 bridgehead atoms. The van der Waals surface area contributed by atoms with Crippen molar-refractivity contribution in [3.63, 3.8) is 0 Å². The molecule has 2 atom stereocenters. The molecule has 0 amide bonds. The summed E-state index contributed by atoms with van der Waals surface area (Å²) in [6.07, 6.45) is 7.30. The van der Waals surface area contributed by atoms with Crippen molar-refractivity contribution >= 4 is 5.97 Å². The molecule has 0 radical (unpaired) electrons. The van der Waals surface area contributed by atoms with Crippen LogP contribution in [0.2, 0.25) is 0 Å². The van der Waals surface area contributed by atoms with Crippen molar-refractivity contribution in [1.82, 2.24) is 0 Å². The molecular weight excluding hydrogens is 288 g/mol. The number of carbonyl (C=O) groups excluding carboxylic acids is 1. The normalized spacial score (nSPS) is 34.3. The van der Waals surface area contributed by atoms with Crippen LogP contribution in [-0.4, -0.2) is 13.1 Å². The van der Waals surface area contributed by atoms with Gasteiger partial charge in [-0.25, -0.2) is 0 Å². The number of rotatable bonds is 4. The second-order valence-electron chi connectivity index (χ2n) is 7.54. The fourth-order valence-corrected chi connectivity index (χ4v) is 5.28. The molecule has 3 nitrogen and oxygen atoms in total. The number of hydrogen-bond acceptors (Lipinski definition) is 3. The number of hydrogen-bond donors (Lipinski definition) is 0. The van der Waals surface area contributed by atoms with Gasteiger partial charge < -0.3 is 9.47 Å². The van der Waals surface area contributed by atoms with Crippen LogP contribution in [0.5, 0.6) is 0 Å². The van der Waals surface area contributed by atoms with Crippen LogP contribution in [0.3, 0.4) is 0 Å². The summed E-state index contributed by atoms with van der Waals surface area (Å²) < 4.78 is 11.0. The van der Waals surface area contributed by atoms with Gasteiger partial charge in [0.25, 0.3) is 0 Å². The monoisotopic (exact) mass is 312 g/mol. The van der Waals surface area contributed by atoms with Crippen LogP contribution in [0.4, 0.5) is 0 Å². The first-order chi connectivity index (χ1) is 11.2. The summed E-state index contributed by atoms with van der Waals surface area (Å²) >= 11 is 0. The molecule has 0 N–H and O–H groups in total. The van der Waals surface area contributed by atoms with E-state index in [1.54, 1.807) is 7.11 Å². The van der Waals surface area contributed by atoms with Crippen molar-refractivity contribution < 1.29 is 14.3 Å². The molecule has 0 spiro atoms. The van der Waals surface area contributed by atoms with Crippen molar-refractivity contribution in [2.45, 2.75) is 38.7 Å². The molecule has 0 saturated heterocycles. The van der Waals surface area contributed by atoms with Gasteiger partial charge in [0, 0.05) is 0 Å². The van der Waals surface area contributed by atoms with E-state index in [1.165, 1.54) is 18.4 Å². The molecule has 4 fully saturated rings. The van der Waals surface area contributed by atoms with Gasteiger partial charge in [-0.1, -0.05) is 30.3 Å². The average molecular weight is 312 g/mol. The van der Waals surface area contributed by atoms with Crippen LogP contribution in [-0.2, 0) is 20.9 Å². The Morgan fingerprint density at radius 1 is 1.17 bits per heavy atom. The largest absolute Gasteiger partial charge is 0.504 e. The Morgan fingerprint density at radius 3 is 2.52 bits per heavy atom. The third kappa shape index (κ3) is 2.56. The minimum Gasteiger partial charge on any atom is -0.504 e. The minimum absolute atomic E-state index is 0.0252. The van der Waals surface area contributed by atoms with Crippen molar-refractivity contribution in [1.29, 1.82) is 0 Å². The van der Waals surface area contributed by atoms with E-state index < -0.39 is 0 Å². The molecular formula is C20H24O3. The highest BCUT2D eigenvalue weighted by atomic mass is 16.5. The van der Waals surface area contributed by atoms with E-state index in [9.17, 15) is 4.79 Å². The smallest absolute Gasteiger partial charge is 0.312 e.